The highest BCUT2D eigenvalue weighted by atomic mass is 79.9. The van der Waals surface area contributed by atoms with Gasteiger partial charge in [0, 0.05) is 18.1 Å². The van der Waals surface area contributed by atoms with E-state index in [0.29, 0.717) is 16.7 Å². The molecule has 2 aromatic rings. The number of aromatic nitrogens is 1. The van der Waals surface area contributed by atoms with Crippen LogP contribution in [-0.4, -0.2) is 12.0 Å². The van der Waals surface area contributed by atoms with Crippen LogP contribution in [0.2, 0.25) is 5.15 Å². The van der Waals surface area contributed by atoms with Crippen molar-refractivity contribution in [2.75, 3.05) is 17.7 Å². The van der Waals surface area contributed by atoms with E-state index in [-0.39, 0.29) is 0 Å². The molecule has 2 N–H and O–H groups in total. The van der Waals surface area contributed by atoms with E-state index >= 15 is 0 Å². The first kappa shape index (κ1) is 13.2. The minimum atomic E-state index is 0.445. The molecular formula is C13H13BrClN3. The minimum absolute atomic E-state index is 0.445. The Balaban J connectivity index is 2.21. The van der Waals surface area contributed by atoms with Gasteiger partial charge in [0.2, 0.25) is 0 Å². The molecule has 0 aliphatic heterocycles. The fourth-order valence-electron chi connectivity index (χ4n) is 1.73. The number of anilines is 2. The molecule has 0 saturated carbocycles. The molecule has 0 radical (unpaired) electrons. The second-order valence-electron chi connectivity index (χ2n) is 4.03. The van der Waals surface area contributed by atoms with E-state index in [4.69, 9.17) is 17.3 Å². The summed E-state index contributed by atoms with van der Waals surface area (Å²) in [4.78, 5) is 6.22. The maximum absolute atomic E-state index is 5.90. The summed E-state index contributed by atoms with van der Waals surface area (Å²) in [7, 11) is 1.94. The molecule has 0 amide bonds. The molecule has 1 aromatic heterocycles. The number of nitrogen functional groups attached to an aromatic ring is 1. The molecule has 0 saturated heterocycles. The number of hydrogen-bond acceptors (Lipinski definition) is 3. The molecule has 1 heterocycles. The van der Waals surface area contributed by atoms with E-state index in [9.17, 15) is 0 Å². The summed E-state index contributed by atoms with van der Waals surface area (Å²) >= 11 is 9.34. The molecule has 0 aliphatic carbocycles. The van der Waals surface area contributed by atoms with Crippen LogP contribution in [0.4, 0.5) is 11.5 Å². The van der Waals surface area contributed by atoms with Gasteiger partial charge in [-0.25, -0.2) is 4.98 Å². The van der Waals surface area contributed by atoms with E-state index in [2.05, 4.69) is 33.0 Å². The lowest BCUT2D eigenvalue weighted by Crippen LogP contribution is -2.19. The summed E-state index contributed by atoms with van der Waals surface area (Å²) in [5, 5.41) is 0.445. The number of halogens is 2. The van der Waals surface area contributed by atoms with Gasteiger partial charge in [0.25, 0.3) is 0 Å². The van der Waals surface area contributed by atoms with Crippen molar-refractivity contribution in [1.29, 1.82) is 0 Å². The molecule has 0 spiro atoms. The van der Waals surface area contributed by atoms with Gasteiger partial charge in [0.15, 0.2) is 5.82 Å². The van der Waals surface area contributed by atoms with Crippen molar-refractivity contribution >= 4 is 39.0 Å². The fraction of sp³-hybridized carbons (Fsp3) is 0.154. The molecule has 0 aliphatic rings. The zero-order valence-corrected chi connectivity index (χ0v) is 12.2. The first-order chi connectivity index (χ1) is 8.56. The van der Waals surface area contributed by atoms with Crippen molar-refractivity contribution in [2.45, 2.75) is 6.54 Å². The van der Waals surface area contributed by atoms with Crippen LogP contribution in [0, 0.1) is 0 Å². The number of nitrogens with zero attached hydrogens (tertiary/aromatic N) is 2. The average molecular weight is 327 g/mol. The third-order valence-electron chi connectivity index (χ3n) is 2.54. The number of nitrogens with two attached hydrogens (primary N) is 1. The summed E-state index contributed by atoms with van der Waals surface area (Å²) in [6, 6.07) is 11.6. The Morgan fingerprint density at radius 2 is 2.11 bits per heavy atom. The Labute approximate surface area is 120 Å². The summed E-state index contributed by atoms with van der Waals surface area (Å²) in [6.45, 7) is 0.719. The molecule has 1 aromatic carbocycles. The first-order valence-electron chi connectivity index (χ1n) is 5.44. The lowest BCUT2D eigenvalue weighted by molar-refractivity contribution is 0.899. The zero-order chi connectivity index (χ0) is 13.1. The topological polar surface area (TPSA) is 42.2 Å². The molecule has 2 rings (SSSR count). The number of rotatable bonds is 3. The van der Waals surface area contributed by atoms with Crippen molar-refractivity contribution in [1.82, 2.24) is 4.98 Å². The van der Waals surface area contributed by atoms with E-state index in [0.717, 1.165) is 11.0 Å². The van der Waals surface area contributed by atoms with Crippen LogP contribution in [0.3, 0.4) is 0 Å². The van der Waals surface area contributed by atoms with Crippen molar-refractivity contribution in [3.05, 3.63) is 51.6 Å². The number of benzene rings is 1. The Morgan fingerprint density at radius 1 is 1.33 bits per heavy atom. The molecule has 0 bridgehead atoms. The summed E-state index contributed by atoms with van der Waals surface area (Å²) in [5.74, 6) is 0.697. The van der Waals surface area contributed by atoms with Crippen LogP contribution in [-0.2, 0) is 6.54 Å². The van der Waals surface area contributed by atoms with Crippen molar-refractivity contribution < 1.29 is 0 Å². The van der Waals surface area contributed by atoms with Gasteiger partial charge in [0.1, 0.15) is 5.15 Å². The first-order valence-corrected chi connectivity index (χ1v) is 6.61. The third-order valence-corrected chi connectivity index (χ3v) is 3.25. The van der Waals surface area contributed by atoms with E-state index in [1.807, 2.05) is 24.1 Å². The Morgan fingerprint density at radius 3 is 2.83 bits per heavy atom. The van der Waals surface area contributed by atoms with Gasteiger partial charge in [-0.15, -0.1) is 0 Å². The van der Waals surface area contributed by atoms with Gasteiger partial charge >= 0.3 is 0 Å². The van der Waals surface area contributed by atoms with Gasteiger partial charge < -0.3 is 10.6 Å². The fourth-order valence-corrected chi connectivity index (χ4v) is 2.32. The second kappa shape index (κ2) is 5.59. The summed E-state index contributed by atoms with van der Waals surface area (Å²) in [5.41, 5.74) is 7.70. The van der Waals surface area contributed by atoms with Gasteiger partial charge in [-0.2, -0.15) is 0 Å². The Kier molecular flexibility index (Phi) is 4.09. The van der Waals surface area contributed by atoms with Crippen molar-refractivity contribution in [3.63, 3.8) is 0 Å². The number of hydrogen-bond donors (Lipinski definition) is 1. The SMILES string of the molecule is CN(Cc1cccc(Br)c1)c1nc(Cl)ccc1N. The van der Waals surface area contributed by atoms with Crippen LogP contribution in [0.15, 0.2) is 40.9 Å². The van der Waals surface area contributed by atoms with Crippen LogP contribution in [0.5, 0.6) is 0 Å². The van der Waals surface area contributed by atoms with E-state index in [1.54, 1.807) is 12.1 Å². The maximum Gasteiger partial charge on any atom is 0.153 e. The maximum atomic E-state index is 5.90. The summed E-state index contributed by atoms with van der Waals surface area (Å²) < 4.78 is 1.06. The summed E-state index contributed by atoms with van der Waals surface area (Å²) in [6.07, 6.45) is 0. The van der Waals surface area contributed by atoms with Crippen LogP contribution < -0.4 is 10.6 Å². The molecule has 0 atom stereocenters. The molecule has 18 heavy (non-hydrogen) atoms. The second-order valence-corrected chi connectivity index (χ2v) is 5.34. The van der Waals surface area contributed by atoms with Crippen LogP contribution in [0.1, 0.15) is 5.56 Å². The standard InChI is InChI=1S/C13H13BrClN3/c1-18(8-9-3-2-4-10(14)7-9)13-11(16)5-6-12(15)17-13/h2-7H,8,16H2,1H3. The quantitative estimate of drug-likeness (QED) is 0.874. The Hall–Kier alpha value is -1.26. The van der Waals surface area contributed by atoms with E-state index in [1.165, 1.54) is 5.56 Å². The molecule has 94 valence electrons. The Bertz CT molecular complexity index is 560. The van der Waals surface area contributed by atoms with Gasteiger partial charge in [-0.05, 0) is 29.8 Å². The lowest BCUT2D eigenvalue weighted by Gasteiger charge is -2.20. The van der Waals surface area contributed by atoms with Crippen molar-refractivity contribution in [3.8, 4) is 0 Å². The highest BCUT2D eigenvalue weighted by Crippen LogP contribution is 2.23. The largest absolute Gasteiger partial charge is 0.396 e. The highest BCUT2D eigenvalue weighted by molar-refractivity contribution is 9.10. The normalized spacial score (nSPS) is 10.4. The number of pyridine rings is 1. The molecule has 3 nitrogen and oxygen atoms in total. The smallest absolute Gasteiger partial charge is 0.153 e. The average Bonchev–Trinajstić information content (AvgIpc) is 2.32. The lowest BCUT2D eigenvalue weighted by atomic mass is 10.2. The van der Waals surface area contributed by atoms with E-state index < -0.39 is 0 Å². The predicted molar refractivity (Wildman–Crippen MR) is 79.9 cm³/mol. The van der Waals surface area contributed by atoms with Gasteiger partial charge in [-0.1, -0.05) is 39.7 Å². The van der Waals surface area contributed by atoms with Gasteiger partial charge in [-0.3, -0.25) is 0 Å². The minimum Gasteiger partial charge on any atom is -0.396 e. The molecule has 5 heteroatoms. The molecule has 0 unspecified atom stereocenters. The monoisotopic (exact) mass is 325 g/mol. The molecular weight excluding hydrogens is 314 g/mol. The zero-order valence-electron chi connectivity index (χ0n) is 9.90. The van der Waals surface area contributed by atoms with Crippen molar-refractivity contribution in [2.24, 2.45) is 0 Å². The van der Waals surface area contributed by atoms with Crippen LogP contribution >= 0.6 is 27.5 Å². The molecule has 0 fully saturated rings. The van der Waals surface area contributed by atoms with Gasteiger partial charge in [0.05, 0.1) is 5.69 Å². The van der Waals surface area contributed by atoms with Crippen LogP contribution in [0.25, 0.3) is 0 Å². The predicted octanol–water partition coefficient (Wildman–Crippen LogP) is 3.72. The third kappa shape index (κ3) is 3.15. The highest BCUT2D eigenvalue weighted by Gasteiger charge is 2.08.